The molecule has 1 heterocycles. The zero-order valence-electron chi connectivity index (χ0n) is 23.3. The number of halogens is 2. The Balaban J connectivity index is 1.52. The minimum Gasteiger partial charge on any atom is -0.490 e. The molecule has 1 fully saturated rings. The molecule has 0 radical (unpaired) electrons. The zero-order chi connectivity index (χ0) is 31.1. The van der Waals surface area contributed by atoms with Crippen LogP contribution in [0.25, 0.3) is 6.08 Å². The van der Waals surface area contributed by atoms with Crippen molar-refractivity contribution in [1.82, 2.24) is 10.2 Å². The number of nitrogens with one attached hydrogen (secondary N) is 1. The standard InChI is InChI=1S/C31H28Cl2N2O8/c1-3-11-42-25-10-7-19(15-26(25)41-4-2)16-35-29(37)22(28(36)34-31(35)40)12-20-13-23(32)27(24(33)14-20)43-17-18-5-8-21(9-6-18)30(38)39/h5-10,12-15H,3-4,11,16-17H2,1-2H3,(H,38,39)(H,34,36,40)/b22-12+. The Morgan fingerprint density at radius 1 is 0.907 bits per heavy atom. The maximum absolute atomic E-state index is 13.3. The summed E-state index contributed by atoms with van der Waals surface area (Å²) in [6.07, 6.45) is 2.10. The topological polar surface area (TPSA) is 131 Å². The highest BCUT2D eigenvalue weighted by molar-refractivity contribution is 6.37. The predicted octanol–water partition coefficient (Wildman–Crippen LogP) is 6.12. The van der Waals surface area contributed by atoms with E-state index in [-0.39, 0.29) is 40.1 Å². The van der Waals surface area contributed by atoms with Gasteiger partial charge in [-0.1, -0.05) is 48.3 Å². The molecule has 2 N–H and O–H groups in total. The van der Waals surface area contributed by atoms with E-state index in [0.717, 1.165) is 11.3 Å². The number of amides is 4. The van der Waals surface area contributed by atoms with Gasteiger partial charge in [-0.15, -0.1) is 0 Å². The van der Waals surface area contributed by atoms with E-state index in [1.54, 1.807) is 30.3 Å². The molecule has 4 rings (SSSR count). The first kappa shape index (κ1) is 31.4. The molecule has 10 nitrogen and oxygen atoms in total. The van der Waals surface area contributed by atoms with Crippen LogP contribution in [0.3, 0.4) is 0 Å². The first-order valence-electron chi connectivity index (χ1n) is 13.3. The Labute approximate surface area is 257 Å². The van der Waals surface area contributed by atoms with Gasteiger partial charge in [0.1, 0.15) is 12.2 Å². The van der Waals surface area contributed by atoms with E-state index in [1.807, 2.05) is 13.8 Å². The number of benzene rings is 3. The number of carbonyl (C=O) groups is 4. The van der Waals surface area contributed by atoms with Gasteiger partial charge in [0.25, 0.3) is 11.8 Å². The number of ether oxygens (including phenoxy) is 3. The van der Waals surface area contributed by atoms with Crippen LogP contribution in [0.5, 0.6) is 17.2 Å². The number of carbonyl (C=O) groups excluding carboxylic acids is 3. The molecule has 0 aliphatic carbocycles. The summed E-state index contributed by atoms with van der Waals surface area (Å²) in [5.74, 6) is -1.50. The van der Waals surface area contributed by atoms with Crippen LogP contribution in [0.2, 0.25) is 10.0 Å². The van der Waals surface area contributed by atoms with Crippen molar-refractivity contribution in [2.75, 3.05) is 13.2 Å². The maximum atomic E-state index is 13.3. The summed E-state index contributed by atoms with van der Waals surface area (Å²) >= 11 is 12.8. The molecule has 43 heavy (non-hydrogen) atoms. The van der Waals surface area contributed by atoms with Crippen LogP contribution in [-0.2, 0) is 22.7 Å². The van der Waals surface area contributed by atoms with Crippen LogP contribution in [0, 0.1) is 0 Å². The molecule has 1 aliphatic rings. The number of rotatable bonds is 12. The highest BCUT2D eigenvalue weighted by atomic mass is 35.5. The van der Waals surface area contributed by atoms with Gasteiger partial charge in [0.05, 0.1) is 35.4 Å². The molecule has 0 atom stereocenters. The van der Waals surface area contributed by atoms with Gasteiger partial charge in [-0.25, -0.2) is 9.59 Å². The third-order valence-corrected chi connectivity index (χ3v) is 6.77. The minimum atomic E-state index is -1.04. The molecule has 0 bridgehead atoms. The monoisotopic (exact) mass is 626 g/mol. The highest BCUT2D eigenvalue weighted by Crippen LogP contribution is 2.36. The fraction of sp³-hybridized carbons (Fsp3) is 0.226. The van der Waals surface area contributed by atoms with Gasteiger partial charge >= 0.3 is 12.0 Å². The number of nitrogens with zero attached hydrogens (tertiary/aromatic N) is 1. The number of carboxylic acid groups (broad SMARTS) is 1. The Hall–Kier alpha value is -4.54. The molecule has 0 unspecified atom stereocenters. The van der Waals surface area contributed by atoms with Crippen LogP contribution in [0.4, 0.5) is 4.79 Å². The summed E-state index contributed by atoms with van der Waals surface area (Å²) in [5.41, 5.74) is 1.47. The highest BCUT2D eigenvalue weighted by Gasteiger charge is 2.36. The summed E-state index contributed by atoms with van der Waals surface area (Å²) in [6.45, 7) is 4.66. The summed E-state index contributed by atoms with van der Waals surface area (Å²) in [5, 5.41) is 11.5. The molecule has 3 aromatic carbocycles. The van der Waals surface area contributed by atoms with Crippen LogP contribution in [-0.4, -0.2) is 47.0 Å². The van der Waals surface area contributed by atoms with E-state index < -0.39 is 23.8 Å². The lowest BCUT2D eigenvalue weighted by molar-refractivity contribution is -0.130. The molecule has 12 heteroatoms. The molecular weight excluding hydrogens is 599 g/mol. The molecular formula is C31H28Cl2N2O8. The van der Waals surface area contributed by atoms with Gasteiger partial charge < -0.3 is 19.3 Å². The van der Waals surface area contributed by atoms with E-state index in [1.165, 1.54) is 30.3 Å². The van der Waals surface area contributed by atoms with E-state index in [4.69, 9.17) is 42.5 Å². The van der Waals surface area contributed by atoms with E-state index in [0.29, 0.717) is 41.4 Å². The van der Waals surface area contributed by atoms with Crippen molar-refractivity contribution >= 4 is 53.1 Å². The molecule has 4 amide bonds. The molecule has 224 valence electrons. The number of urea groups is 1. The van der Waals surface area contributed by atoms with Crippen molar-refractivity contribution in [2.45, 2.75) is 33.4 Å². The average Bonchev–Trinajstić information content (AvgIpc) is 2.97. The van der Waals surface area contributed by atoms with Crippen LogP contribution >= 0.6 is 23.2 Å². The number of aromatic carboxylic acids is 1. The molecule has 1 aliphatic heterocycles. The molecule has 0 spiro atoms. The van der Waals surface area contributed by atoms with Crippen molar-refractivity contribution < 1.29 is 38.5 Å². The van der Waals surface area contributed by atoms with Gasteiger partial charge in [-0.05, 0) is 72.5 Å². The second-order valence-corrected chi connectivity index (χ2v) is 10.2. The lowest BCUT2D eigenvalue weighted by atomic mass is 10.1. The number of carboxylic acids is 1. The number of hydrogen-bond acceptors (Lipinski definition) is 7. The van der Waals surface area contributed by atoms with Crippen molar-refractivity contribution in [3.05, 3.63) is 92.5 Å². The van der Waals surface area contributed by atoms with Crippen molar-refractivity contribution in [1.29, 1.82) is 0 Å². The second kappa shape index (κ2) is 14.1. The summed E-state index contributed by atoms with van der Waals surface area (Å²) in [6, 6.07) is 13.3. The fourth-order valence-corrected chi connectivity index (χ4v) is 4.75. The summed E-state index contributed by atoms with van der Waals surface area (Å²) < 4.78 is 17.1. The Morgan fingerprint density at radius 3 is 2.21 bits per heavy atom. The zero-order valence-corrected chi connectivity index (χ0v) is 24.8. The predicted molar refractivity (Wildman–Crippen MR) is 160 cm³/mol. The van der Waals surface area contributed by atoms with E-state index >= 15 is 0 Å². The van der Waals surface area contributed by atoms with Crippen molar-refractivity contribution in [3.8, 4) is 17.2 Å². The second-order valence-electron chi connectivity index (χ2n) is 9.38. The Morgan fingerprint density at radius 2 is 1.58 bits per heavy atom. The molecule has 0 saturated carbocycles. The van der Waals surface area contributed by atoms with Crippen LogP contribution in [0.1, 0.15) is 47.3 Å². The van der Waals surface area contributed by atoms with E-state index in [9.17, 15) is 19.2 Å². The van der Waals surface area contributed by atoms with E-state index in [2.05, 4.69) is 5.32 Å². The van der Waals surface area contributed by atoms with Crippen LogP contribution in [0.15, 0.2) is 60.2 Å². The average molecular weight is 627 g/mol. The number of imide groups is 2. The first-order chi connectivity index (χ1) is 20.6. The number of hydrogen-bond donors (Lipinski definition) is 2. The smallest absolute Gasteiger partial charge is 0.335 e. The van der Waals surface area contributed by atoms with Gasteiger partial charge in [0, 0.05) is 0 Å². The fourth-order valence-electron chi connectivity index (χ4n) is 4.14. The Kier molecular flexibility index (Phi) is 10.3. The Bertz CT molecular complexity index is 1560. The number of barbiturate groups is 1. The quantitative estimate of drug-likeness (QED) is 0.181. The summed E-state index contributed by atoms with van der Waals surface area (Å²) in [4.78, 5) is 50.6. The molecule has 1 saturated heterocycles. The van der Waals surface area contributed by atoms with Gasteiger partial charge in [0.2, 0.25) is 0 Å². The van der Waals surface area contributed by atoms with Gasteiger partial charge in [-0.2, -0.15) is 0 Å². The van der Waals surface area contributed by atoms with Crippen molar-refractivity contribution in [3.63, 3.8) is 0 Å². The lowest BCUT2D eigenvalue weighted by Gasteiger charge is -2.26. The molecule has 3 aromatic rings. The van der Waals surface area contributed by atoms with Gasteiger partial charge in [-0.3, -0.25) is 19.8 Å². The molecule has 0 aromatic heterocycles. The largest absolute Gasteiger partial charge is 0.490 e. The lowest BCUT2D eigenvalue weighted by Crippen LogP contribution is -2.53. The van der Waals surface area contributed by atoms with Crippen LogP contribution < -0.4 is 19.5 Å². The summed E-state index contributed by atoms with van der Waals surface area (Å²) in [7, 11) is 0. The maximum Gasteiger partial charge on any atom is 0.335 e. The third kappa shape index (κ3) is 7.65. The van der Waals surface area contributed by atoms with Crippen molar-refractivity contribution in [2.24, 2.45) is 0 Å². The third-order valence-electron chi connectivity index (χ3n) is 6.21. The first-order valence-corrected chi connectivity index (χ1v) is 14.1. The van der Waals surface area contributed by atoms with Gasteiger partial charge in [0.15, 0.2) is 17.2 Å². The normalized spacial score (nSPS) is 14.1. The SMILES string of the molecule is CCCOc1ccc(CN2C(=O)NC(=O)/C(=C\c3cc(Cl)c(OCc4ccc(C(=O)O)cc4)c(Cl)c3)C2=O)cc1OCC. The minimum absolute atomic E-state index is 0.0639.